The van der Waals surface area contributed by atoms with E-state index in [0.717, 1.165) is 11.1 Å². The quantitative estimate of drug-likeness (QED) is 0.467. The first-order chi connectivity index (χ1) is 18.3. The molecular formula is C28H37ClN2O8. The molecule has 10 nitrogen and oxygen atoms in total. The lowest BCUT2D eigenvalue weighted by Crippen LogP contribution is -2.63. The number of alkyl carbamates (subject to hydrolysis) is 1. The third-order valence-corrected chi connectivity index (χ3v) is 8.36. The maximum atomic E-state index is 13.3. The largest absolute Gasteiger partial charge is 0.495 e. The monoisotopic (exact) mass is 564 g/mol. The summed E-state index contributed by atoms with van der Waals surface area (Å²) in [7, 11) is 4.56. The lowest BCUT2D eigenvalue weighted by molar-refractivity contribution is -0.142. The van der Waals surface area contributed by atoms with Crippen molar-refractivity contribution < 1.29 is 38.7 Å². The highest BCUT2D eigenvalue weighted by Crippen LogP contribution is 2.48. The summed E-state index contributed by atoms with van der Waals surface area (Å²) in [4.78, 5) is 27.1. The number of epoxide rings is 1. The van der Waals surface area contributed by atoms with Crippen LogP contribution in [0.2, 0.25) is 5.02 Å². The Morgan fingerprint density at radius 1 is 1.26 bits per heavy atom. The smallest absolute Gasteiger partial charge is 0.409 e. The van der Waals surface area contributed by atoms with E-state index in [0.29, 0.717) is 17.9 Å². The molecule has 2 saturated heterocycles. The first kappa shape index (κ1) is 29.4. The number of halogens is 1. The third-order valence-electron chi connectivity index (χ3n) is 7.98. The third kappa shape index (κ3) is 5.81. The van der Waals surface area contributed by atoms with E-state index in [1.807, 2.05) is 32.1 Å². The van der Waals surface area contributed by atoms with Gasteiger partial charge in [0.25, 0.3) is 0 Å². The normalized spacial score (nSPS) is 37.6. The molecule has 1 aromatic carbocycles. The minimum atomic E-state index is -1.73. The van der Waals surface area contributed by atoms with Gasteiger partial charge < -0.3 is 34.1 Å². The second kappa shape index (κ2) is 11.1. The minimum Gasteiger partial charge on any atom is -0.495 e. The molecule has 4 bridgehead atoms. The highest BCUT2D eigenvalue weighted by molar-refractivity contribution is 6.35. The van der Waals surface area contributed by atoms with Crippen LogP contribution in [-0.2, 0) is 25.4 Å². The fourth-order valence-electron chi connectivity index (χ4n) is 5.46. The van der Waals surface area contributed by atoms with Crippen LogP contribution in [0.15, 0.2) is 35.9 Å². The van der Waals surface area contributed by atoms with Crippen molar-refractivity contribution in [3.63, 3.8) is 0 Å². The van der Waals surface area contributed by atoms with Crippen molar-refractivity contribution in [2.24, 2.45) is 5.92 Å². The van der Waals surface area contributed by atoms with Crippen LogP contribution in [0.1, 0.15) is 39.2 Å². The molecule has 0 spiro atoms. The summed E-state index contributed by atoms with van der Waals surface area (Å²) in [6.07, 6.45) is 1.63. The molecular weight excluding hydrogens is 528 g/mol. The molecule has 11 heteroatoms. The molecule has 3 aliphatic rings. The van der Waals surface area contributed by atoms with E-state index in [2.05, 4.69) is 5.32 Å². The Morgan fingerprint density at radius 2 is 1.97 bits per heavy atom. The van der Waals surface area contributed by atoms with E-state index >= 15 is 0 Å². The van der Waals surface area contributed by atoms with Crippen molar-refractivity contribution in [2.75, 3.05) is 26.2 Å². The van der Waals surface area contributed by atoms with E-state index in [1.54, 1.807) is 26.1 Å². The second-order valence-corrected chi connectivity index (χ2v) is 11.2. The Kier molecular flexibility index (Phi) is 8.35. The molecule has 2 amide bonds. The van der Waals surface area contributed by atoms with Gasteiger partial charge in [-0.25, -0.2) is 4.79 Å². The number of ether oxygens (including phenoxy) is 4. The first-order valence-electron chi connectivity index (χ1n) is 12.9. The number of hydrogen-bond donors (Lipinski definition) is 3. The number of fused-ring (bicyclic) bond motifs is 5. The summed E-state index contributed by atoms with van der Waals surface area (Å²) in [6.45, 7) is 5.48. The predicted molar refractivity (Wildman–Crippen MR) is 145 cm³/mol. The number of nitrogens with zero attached hydrogens (tertiary/aromatic N) is 1. The van der Waals surface area contributed by atoms with Crippen molar-refractivity contribution in [1.82, 2.24) is 5.32 Å². The van der Waals surface area contributed by atoms with E-state index in [4.69, 9.17) is 30.5 Å². The molecule has 39 heavy (non-hydrogen) atoms. The summed E-state index contributed by atoms with van der Waals surface area (Å²) in [5.41, 5.74) is -0.479. The van der Waals surface area contributed by atoms with Gasteiger partial charge in [0.15, 0.2) is 5.72 Å². The number of benzene rings is 1. The molecule has 2 unspecified atom stereocenters. The fourth-order valence-corrected chi connectivity index (χ4v) is 5.78. The lowest BCUT2D eigenvalue weighted by Gasteiger charge is -2.42. The van der Waals surface area contributed by atoms with Crippen molar-refractivity contribution in [3.05, 3.63) is 46.5 Å². The number of amides is 2. The van der Waals surface area contributed by atoms with Gasteiger partial charge >= 0.3 is 6.09 Å². The predicted octanol–water partition coefficient (Wildman–Crippen LogP) is 3.12. The number of rotatable bonds is 2. The van der Waals surface area contributed by atoms with Gasteiger partial charge in [-0.05, 0) is 38.0 Å². The summed E-state index contributed by atoms with van der Waals surface area (Å²) in [5.74, 6) is -0.323. The first-order valence-corrected chi connectivity index (χ1v) is 13.3. The second-order valence-electron chi connectivity index (χ2n) is 10.8. The van der Waals surface area contributed by atoms with Crippen molar-refractivity contribution in [2.45, 2.75) is 75.8 Å². The Hall–Kier alpha value is -2.63. The molecule has 1 aromatic rings. The molecule has 0 aromatic heterocycles. The van der Waals surface area contributed by atoms with E-state index < -0.39 is 47.8 Å². The number of allylic oxidation sites excluding steroid dienone is 3. The molecule has 3 heterocycles. The van der Waals surface area contributed by atoms with Crippen LogP contribution in [0.4, 0.5) is 10.5 Å². The number of carbonyl (C=O) groups excluding carboxylic acids is 2. The maximum absolute atomic E-state index is 13.3. The highest BCUT2D eigenvalue weighted by atomic mass is 35.5. The average Bonchev–Trinajstić information content (AvgIpc) is 3.58. The maximum Gasteiger partial charge on any atom is 0.409 e. The number of aliphatic hydroxyl groups excluding tert-OH is 1. The van der Waals surface area contributed by atoms with Gasteiger partial charge in [-0.15, -0.1) is 0 Å². The molecule has 7 atom stereocenters. The zero-order valence-corrected chi connectivity index (χ0v) is 23.8. The van der Waals surface area contributed by atoms with Crippen LogP contribution >= 0.6 is 11.6 Å². The standard InChI is InChI=1S/C28H37ClN2O8/c1-15-8-7-9-22(37-6)28(35)14-20(38-26(34)30-28)16(2)25-27(3,39-25)21(32)13-23(33)31(4)18-11-17(10-15)12-19(36-5)24(18)29/h7-9,11-12,16,20-22,25,32,35H,10,13-14H2,1-6H3,(H,30,34)/b9-7+,15-8+/t16-,20+,21+,22-,25?,27?,28+/m1/s1. The molecule has 3 N–H and O–H groups in total. The van der Waals surface area contributed by atoms with Gasteiger partial charge in [0.05, 0.1) is 31.4 Å². The highest BCUT2D eigenvalue weighted by Gasteiger charge is 2.62. The summed E-state index contributed by atoms with van der Waals surface area (Å²) >= 11 is 6.58. The lowest BCUT2D eigenvalue weighted by atomic mass is 9.84. The molecule has 214 valence electrons. The van der Waals surface area contributed by atoms with Crippen LogP contribution < -0.4 is 15.0 Å². The number of aliphatic hydroxyl groups is 2. The van der Waals surface area contributed by atoms with E-state index in [-0.39, 0.29) is 23.8 Å². The zero-order valence-electron chi connectivity index (χ0n) is 23.1. The van der Waals surface area contributed by atoms with Gasteiger partial charge in [0, 0.05) is 26.5 Å². The van der Waals surface area contributed by atoms with Gasteiger partial charge in [0.2, 0.25) is 5.91 Å². The zero-order chi connectivity index (χ0) is 28.7. The number of anilines is 1. The molecule has 2 fully saturated rings. The number of carbonyl (C=O) groups is 2. The summed E-state index contributed by atoms with van der Waals surface area (Å²) in [5, 5.41) is 25.3. The number of hydrogen-bond acceptors (Lipinski definition) is 8. The molecule has 3 aliphatic heterocycles. The average molecular weight is 565 g/mol. The van der Waals surface area contributed by atoms with Gasteiger partial charge in [-0.2, -0.15) is 0 Å². The van der Waals surface area contributed by atoms with Crippen LogP contribution in [0.5, 0.6) is 5.75 Å². The van der Waals surface area contributed by atoms with Crippen LogP contribution in [0.25, 0.3) is 0 Å². The molecule has 0 saturated carbocycles. The number of nitrogens with one attached hydrogen (secondary N) is 1. The summed E-state index contributed by atoms with van der Waals surface area (Å²) < 4.78 is 22.4. The van der Waals surface area contributed by atoms with Crippen molar-refractivity contribution in [3.8, 4) is 5.75 Å². The Labute approximate surface area is 233 Å². The van der Waals surface area contributed by atoms with Crippen LogP contribution in [0.3, 0.4) is 0 Å². The summed E-state index contributed by atoms with van der Waals surface area (Å²) in [6, 6.07) is 3.63. The molecule has 0 aliphatic carbocycles. The van der Waals surface area contributed by atoms with Crippen LogP contribution in [0, 0.1) is 5.92 Å². The topological polar surface area (TPSA) is 130 Å². The van der Waals surface area contributed by atoms with Crippen molar-refractivity contribution in [1.29, 1.82) is 0 Å². The Morgan fingerprint density at radius 3 is 2.64 bits per heavy atom. The van der Waals surface area contributed by atoms with Crippen LogP contribution in [-0.4, -0.2) is 79.2 Å². The van der Waals surface area contributed by atoms with Gasteiger partial charge in [-0.1, -0.05) is 42.3 Å². The minimum absolute atomic E-state index is 0.0310. The van der Waals surface area contributed by atoms with Gasteiger partial charge in [-0.3, -0.25) is 10.1 Å². The van der Waals surface area contributed by atoms with Gasteiger partial charge in [0.1, 0.15) is 28.6 Å². The Balaban J connectivity index is 1.74. The molecule has 4 rings (SSSR count). The molecule has 0 radical (unpaired) electrons. The van der Waals surface area contributed by atoms with Crippen molar-refractivity contribution >= 4 is 29.3 Å². The Bertz CT molecular complexity index is 1190. The fraction of sp³-hybridized carbons (Fsp3) is 0.571. The SMILES string of the molecule is COc1cc2cc(c1Cl)N(C)C(=O)C[C@H](O)C1(C)OC1[C@H](C)[C@@H]1C[C@@](O)(NC(=O)O1)[C@H](OC)/C=C/C=C(\C)C2. The van der Waals surface area contributed by atoms with E-state index in [1.165, 1.54) is 19.1 Å². The number of methoxy groups -OCH3 is 2. The van der Waals surface area contributed by atoms with E-state index in [9.17, 15) is 19.8 Å².